The van der Waals surface area contributed by atoms with Crippen LogP contribution in [0.15, 0.2) is 0 Å². The Morgan fingerprint density at radius 2 is 1.95 bits per heavy atom. The topological polar surface area (TPSA) is 54.4 Å². The number of carbonyl (C=O) groups excluding carboxylic acids is 2. The predicted octanol–water partition coefficient (Wildman–Crippen LogP) is 3.14. The first-order valence-electron chi connectivity index (χ1n) is 9.08. The molecule has 0 aromatic heterocycles. The number of fused-ring (bicyclic) bond motifs is 5. The van der Waals surface area contributed by atoms with Gasteiger partial charge in [0, 0.05) is 25.2 Å². The molecule has 0 unspecified atom stereocenters. The van der Waals surface area contributed by atoms with E-state index in [0.29, 0.717) is 36.7 Å². The van der Waals surface area contributed by atoms with Gasteiger partial charge in [-0.2, -0.15) is 0 Å². The van der Waals surface area contributed by atoms with Crippen LogP contribution in [0.5, 0.6) is 0 Å². The predicted molar refractivity (Wildman–Crippen MR) is 83.1 cm³/mol. The lowest BCUT2D eigenvalue weighted by Gasteiger charge is -2.60. The lowest BCUT2D eigenvalue weighted by molar-refractivity contribution is -0.176. The molecule has 4 aliphatic carbocycles. The van der Waals surface area contributed by atoms with Gasteiger partial charge in [-0.25, -0.2) is 0 Å². The lowest BCUT2D eigenvalue weighted by atomic mass is 9.44. The molecule has 4 aliphatic rings. The van der Waals surface area contributed by atoms with E-state index in [1.165, 1.54) is 12.8 Å². The smallest absolute Gasteiger partial charge is 0.137 e. The van der Waals surface area contributed by atoms with Crippen molar-refractivity contribution in [2.45, 2.75) is 71.3 Å². The van der Waals surface area contributed by atoms with Crippen LogP contribution in [0.3, 0.4) is 0 Å². The van der Waals surface area contributed by atoms with Crippen molar-refractivity contribution in [2.75, 3.05) is 0 Å². The van der Waals surface area contributed by atoms with Gasteiger partial charge in [0.1, 0.15) is 11.6 Å². The molecule has 0 amide bonds. The first kappa shape index (κ1) is 14.9. The summed E-state index contributed by atoms with van der Waals surface area (Å²) in [4.78, 5) is 24.9. The van der Waals surface area contributed by atoms with Crippen molar-refractivity contribution in [3.63, 3.8) is 0 Å². The van der Waals surface area contributed by atoms with Crippen molar-refractivity contribution >= 4 is 11.6 Å². The van der Waals surface area contributed by atoms with E-state index in [4.69, 9.17) is 0 Å². The summed E-state index contributed by atoms with van der Waals surface area (Å²) < 4.78 is 0. The highest BCUT2D eigenvalue weighted by Gasteiger charge is 2.63. The second-order valence-corrected chi connectivity index (χ2v) is 9.10. The van der Waals surface area contributed by atoms with Crippen LogP contribution >= 0.6 is 0 Å². The molecule has 0 aromatic rings. The minimum atomic E-state index is -0.388. The highest BCUT2D eigenvalue weighted by atomic mass is 16.3. The van der Waals surface area contributed by atoms with E-state index in [2.05, 4.69) is 13.8 Å². The lowest BCUT2D eigenvalue weighted by Crippen LogP contribution is -2.60. The molecule has 0 aromatic carbocycles. The van der Waals surface area contributed by atoms with Crippen LogP contribution < -0.4 is 0 Å². The quantitative estimate of drug-likeness (QED) is 0.748. The van der Waals surface area contributed by atoms with E-state index in [9.17, 15) is 14.7 Å². The van der Waals surface area contributed by atoms with Gasteiger partial charge < -0.3 is 5.11 Å². The van der Waals surface area contributed by atoms with Crippen molar-refractivity contribution in [2.24, 2.45) is 34.5 Å². The number of ketones is 2. The molecule has 0 radical (unpaired) electrons. The van der Waals surface area contributed by atoms with E-state index in [1.807, 2.05) is 0 Å². The van der Waals surface area contributed by atoms with Gasteiger partial charge in [0.2, 0.25) is 0 Å². The van der Waals surface area contributed by atoms with Crippen molar-refractivity contribution in [3.8, 4) is 0 Å². The molecule has 4 saturated carbocycles. The van der Waals surface area contributed by atoms with Gasteiger partial charge >= 0.3 is 0 Å². The summed E-state index contributed by atoms with van der Waals surface area (Å²) in [6, 6.07) is 0. The van der Waals surface area contributed by atoms with E-state index in [1.54, 1.807) is 0 Å². The first-order valence-corrected chi connectivity index (χ1v) is 9.08. The van der Waals surface area contributed by atoms with Gasteiger partial charge in [-0.15, -0.1) is 0 Å². The molecule has 4 fully saturated rings. The molecule has 0 bridgehead atoms. The molecular formula is C19H28O3. The number of aliphatic hydroxyl groups is 1. The number of carbonyl (C=O) groups is 2. The van der Waals surface area contributed by atoms with E-state index in [0.717, 1.165) is 19.3 Å². The second kappa shape index (κ2) is 4.66. The normalized spacial score (nSPS) is 54.6. The average Bonchev–Trinajstić information content (AvgIpc) is 2.81. The Labute approximate surface area is 132 Å². The zero-order valence-electron chi connectivity index (χ0n) is 13.8. The summed E-state index contributed by atoms with van der Waals surface area (Å²) in [7, 11) is 0. The summed E-state index contributed by atoms with van der Waals surface area (Å²) in [6.07, 6.45) is 6.58. The Balaban J connectivity index is 1.75. The molecule has 3 nitrogen and oxygen atoms in total. The van der Waals surface area contributed by atoms with Crippen LogP contribution in [0.4, 0.5) is 0 Å². The third-order valence-corrected chi connectivity index (χ3v) is 7.96. The number of hydrogen-bond donors (Lipinski definition) is 1. The van der Waals surface area contributed by atoms with Crippen LogP contribution in [-0.2, 0) is 9.59 Å². The van der Waals surface area contributed by atoms with Crippen LogP contribution in [0.1, 0.15) is 65.2 Å². The van der Waals surface area contributed by atoms with E-state index >= 15 is 0 Å². The van der Waals surface area contributed by atoms with Gasteiger partial charge in [0.25, 0.3) is 0 Å². The van der Waals surface area contributed by atoms with E-state index in [-0.39, 0.29) is 34.7 Å². The molecule has 4 rings (SSSR count). The molecule has 122 valence electrons. The van der Waals surface area contributed by atoms with Gasteiger partial charge in [0.15, 0.2) is 0 Å². The SMILES string of the molecule is C[C@]12CCC[C@@H]1[C@@H]1[C@H](O)C[C@H]3CC(=O)CC[C@@]3(C)[C@H]1C(=O)C2. The largest absolute Gasteiger partial charge is 0.393 e. The molecule has 22 heavy (non-hydrogen) atoms. The second-order valence-electron chi connectivity index (χ2n) is 9.10. The number of rotatable bonds is 0. The standard InChI is InChI=1S/C19H28O3/c1-18-6-3-4-13(18)16-14(21)9-11-8-12(20)5-7-19(11,2)17(16)15(22)10-18/h11,13-14,16-17,21H,3-10H2,1-2H3/t11-,13-,14-,16-,17+,18-,19-/m1/s1. The molecule has 0 heterocycles. The molecular weight excluding hydrogens is 276 g/mol. The van der Waals surface area contributed by atoms with Gasteiger partial charge in [0.05, 0.1) is 6.10 Å². The number of aliphatic hydroxyl groups excluding tert-OH is 1. The third-order valence-electron chi connectivity index (χ3n) is 7.96. The maximum Gasteiger partial charge on any atom is 0.137 e. The minimum Gasteiger partial charge on any atom is -0.393 e. The Bertz CT molecular complexity index is 527. The third kappa shape index (κ3) is 1.84. The summed E-state index contributed by atoms with van der Waals surface area (Å²) in [5.41, 5.74) is 0.0612. The molecule has 3 heteroatoms. The summed E-state index contributed by atoms with van der Waals surface area (Å²) in [5.74, 6) is 1.54. The maximum absolute atomic E-state index is 13.1. The Morgan fingerprint density at radius 3 is 2.73 bits per heavy atom. The molecule has 0 saturated heterocycles. The Hall–Kier alpha value is -0.700. The summed E-state index contributed by atoms with van der Waals surface area (Å²) in [6.45, 7) is 4.51. The minimum absolute atomic E-state index is 0.00877. The van der Waals surface area contributed by atoms with Crippen molar-refractivity contribution in [1.82, 2.24) is 0 Å². The maximum atomic E-state index is 13.1. The number of hydrogen-bond acceptors (Lipinski definition) is 3. The van der Waals surface area contributed by atoms with Crippen molar-refractivity contribution < 1.29 is 14.7 Å². The summed E-state index contributed by atoms with van der Waals surface area (Å²) >= 11 is 0. The monoisotopic (exact) mass is 304 g/mol. The fraction of sp³-hybridized carbons (Fsp3) is 0.895. The van der Waals surface area contributed by atoms with Crippen molar-refractivity contribution in [1.29, 1.82) is 0 Å². The fourth-order valence-corrected chi connectivity index (χ4v) is 6.82. The fourth-order valence-electron chi connectivity index (χ4n) is 6.82. The summed E-state index contributed by atoms with van der Waals surface area (Å²) in [5, 5.41) is 10.9. The van der Waals surface area contributed by atoms with Crippen LogP contribution in [0.25, 0.3) is 0 Å². The van der Waals surface area contributed by atoms with E-state index < -0.39 is 0 Å². The molecule has 7 atom stereocenters. The highest BCUT2D eigenvalue weighted by molar-refractivity contribution is 5.85. The zero-order valence-corrected chi connectivity index (χ0v) is 13.8. The zero-order chi connectivity index (χ0) is 15.7. The molecule has 0 aliphatic heterocycles. The van der Waals surface area contributed by atoms with Crippen molar-refractivity contribution in [3.05, 3.63) is 0 Å². The average molecular weight is 304 g/mol. The van der Waals surface area contributed by atoms with Crippen LogP contribution in [-0.4, -0.2) is 22.8 Å². The van der Waals surface area contributed by atoms with Crippen LogP contribution in [0, 0.1) is 34.5 Å². The van der Waals surface area contributed by atoms with Crippen LogP contribution in [0.2, 0.25) is 0 Å². The van der Waals surface area contributed by atoms with Gasteiger partial charge in [-0.1, -0.05) is 20.3 Å². The number of Topliss-reactive ketones (excluding diaryl/α,β-unsaturated/α-hetero) is 2. The van der Waals surface area contributed by atoms with Gasteiger partial charge in [-0.3, -0.25) is 9.59 Å². The Kier molecular flexibility index (Phi) is 3.15. The van der Waals surface area contributed by atoms with Gasteiger partial charge in [-0.05, 0) is 54.3 Å². The Morgan fingerprint density at radius 1 is 1.18 bits per heavy atom. The molecule has 1 N–H and O–H groups in total. The highest BCUT2D eigenvalue weighted by Crippen LogP contribution is 2.64. The molecule has 0 spiro atoms. The first-order chi connectivity index (χ1) is 10.3.